The van der Waals surface area contributed by atoms with E-state index in [1.165, 1.54) is 52.8 Å². The van der Waals surface area contributed by atoms with E-state index in [9.17, 15) is 0 Å². The van der Waals surface area contributed by atoms with Crippen molar-refractivity contribution in [1.29, 1.82) is 0 Å². The number of hydrogen-bond acceptors (Lipinski definition) is 6. The third kappa shape index (κ3) is 5.20. The third-order valence-electron chi connectivity index (χ3n) is 9.15. The standard InChI is InChI=1S/C44H27N3S3/c1-2-8-34(9-3-1)47-37-24-22-32(28-14-18-30(19-15-28)43-45-35-10-4-6-12-39(35)49-43)26-41(37)48-42-27-33(23-25-38(42)47)29-16-20-31(21-17-29)44-46-36-11-5-7-13-40(36)50-44/h1-27H. The molecule has 50 heavy (non-hydrogen) atoms. The molecule has 2 aromatic heterocycles. The lowest BCUT2D eigenvalue weighted by Gasteiger charge is -2.33. The highest BCUT2D eigenvalue weighted by atomic mass is 32.2. The second-order valence-corrected chi connectivity index (χ2v) is 15.4. The van der Waals surface area contributed by atoms with Gasteiger partial charge in [0.05, 0.1) is 31.8 Å². The van der Waals surface area contributed by atoms with Crippen LogP contribution in [0.3, 0.4) is 0 Å². The SMILES string of the molecule is c1ccc(N2c3ccc(-c4ccc(-c5nc6ccccc6s5)cc4)cc3Sc3cc(-c4ccc(-c5nc6ccccc6s5)cc4)ccc32)cc1. The van der Waals surface area contributed by atoms with Gasteiger partial charge in [0.25, 0.3) is 0 Å². The zero-order valence-electron chi connectivity index (χ0n) is 26.7. The number of benzene rings is 7. The molecule has 0 saturated heterocycles. The summed E-state index contributed by atoms with van der Waals surface area (Å²) in [6, 6.07) is 58.7. The molecule has 236 valence electrons. The number of nitrogens with zero attached hydrogens (tertiary/aromatic N) is 3. The highest BCUT2D eigenvalue weighted by molar-refractivity contribution is 7.99. The van der Waals surface area contributed by atoms with E-state index in [-0.39, 0.29) is 0 Å². The molecule has 1 aliphatic rings. The molecule has 0 N–H and O–H groups in total. The van der Waals surface area contributed by atoms with Crippen molar-refractivity contribution >= 4 is 71.9 Å². The molecule has 0 atom stereocenters. The summed E-state index contributed by atoms with van der Waals surface area (Å²) in [6.45, 7) is 0. The van der Waals surface area contributed by atoms with Crippen LogP contribution in [0, 0.1) is 0 Å². The van der Waals surface area contributed by atoms with Crippen LogP contribution in [0.4, 0.5) is 17.1 Å². The lowest BCUT2D eigenvalue weighted by Crippen LogP contribution is -2.14. The first-order chi connectivity index (χ1) is 24.7. The molecular formula is C44H27N3S3. The van der Waals surface area contributed by atoms with Crippen molar-refractivity contribution < 1.29 is 0 Å². The number of thiazole rings is 2. The van der Waals surface area contributed by atoms with Gasteiger partial charge in [-0.3, -0.25) is 0 Å². The quantitative estimate of drug-likeness (QED) is 0.179. The number of fused-ring (bicyclic) bond motifs is 4. The fraction of sp³-hybridized carbons (Fsp3) is 0. The molecule has 7 aromatic carbocycles. The van der Waals surface area contributed by atoms with Crippen LogP contribution in [0.25, 0.3) is 63.8 Å². The van der Waals surface area contributed by atoms with Crippen LogP contribution in [0.2, 0.25) is 0 Å². The van der Waals surface area contributed by atoms with Crippen LogP contribution in [0.15, 0.2) is 174 Å². The van der Waals surface area contributed by atoms with E-state index in [4.69, 9.17) is 9.97 Å². The number of anilines is 3. The van der Waals surface area contributed by atoms with Crippen molar-refractivity contribution in [2.45, 2.75) is 9.79 Å². The molecule has 0 unspecified atom stereocenters. The Hall–Kier alpha value is -5.53. The Kier molecular flexibility index (Phi) is 7.12. The number of para-hydroxylation sites is 3. The van der Waals surface area contributed by atoms with E-state index in [2.05, 4.69) is 157 Å². The van der Waals surface area contributed by atoms with Crippen LogP contribution in [0.1, 0.15) is 0 Å². The summed E-state index contributed by atoms with van der Waals surface area (Å²) >= 11 is 5.32. The van der Waals surface area contributed by atoms with Gasteiger partial charge in [-0.25, -0.2) is 9.97 Å². The average molecular weight is 694 g/mol. The van der Waals surface area contributed by atoms with Gasteiger partial charge in [-0.1, -0.05) is 115 Å². The van der Waals surface area contributed by atoms with E-state index in [1.54, 1.807) is 22.7 Å². The van der Waals surface area contributed by atoms with Gasteiger partial charge in [-0.15, -0.1) is 22.7 Å². The molecule has 9 aromatic rings. The summed E-state index contributed by atoms with van der Waals surface area (Å²) in [5.74, 6) is 0. The van der Waals surface area contributed by atoms with E-state index in [0.717, 1.165) is 37.9 Å². The number of hydrogen-bond donors (Lipinski definition) is 0. The average Bonchev–Trinajstić information content (AvgIpc) is 3.82. The zero-order valence-corrected chi connectivity index (χ0v) is 29.1. The van der Waals surface area contributed by atoms with Crippen LogP contribution in [-0.4, -0.2) is 9.97 Å². The van der Waals surface area contributed by atoms with Crippen LogP contribution in [0.5, 0.6) is 0 Å². The van der Waals surface area contributed by atoms with Crippen molar-refractivity contribution in [3.63, 3.8) is 0 Å². The first-order valence-corrected chi connectivity index (χ1v) is 18.9. The molecule has 0 aliphatic carbocycles. The Labute approximate surface area is 302 Å². The Morgan fingerprint density at radius 1 is 0.380 bits per heavy atom. The Bertz CT molecular complexity index is 2440. The largest absolute Gasteiger partial charge is 0.308 e. The summed E-state index contributed by atoms with van der Waals surface area (Å²) in [4.78, 5) is 14.6. The predicted molar refractivity (Wildman–Crippen MR) is 213 cm³/mol. The lowest BCUT2D eigenvalue weighted by molar-refractivity contribution is 1.17. The topological polar surface area (TPSA) is 29.0 Å². The summed E-state index contributed by atoms with van der Waals surface area (Å²) in [5, 5.41) is 2.10. The fourth-order valence-electron chi connectivity index (χ4n) is 6.63. The van der Waals surface area contributed by atoms with Crippen molar-refractivity contribution in [3.8, 4) is 43.4 Å². The van der Waals surface area contributed by atoms with Crippen molar-refractivity contribution in [2.24, 2.45) is 0 Å². The Balaban J connectivity index is 0.989. The van der Waals surface area contributed by atoms with Gasteiger partial charge in [0.2, 0.25) is 0 Å². The molecule has 6 heteroatoms. The first kappa shape index (κ1) is 29.4. The highest BCUT2D eigenvalue weighted by Crippen LogP contribution is 2.53. The second-order valence-electron chi connectivity index (χ2n) is 12.3. The van der Waals surface area contributed by atoms with Crippen LogP contribution < -0.4 is 4.90 Å². The predicted octanol–water partition coefficient (Wildman–Crippen LogP) is 13.5. The van der Waals surface area contributed by atoms with Crippen LogP contribution >= 0.6 is 34.4 Å². The van der Waals surface area contributed by atoms with E-state index in [0.29, 0.717) is 0 Å². The minimum Gasteiger partial charge on any atom is -0.308 e. The van der Waals surface area contributed by atoms with Gasteiger partial charge in [0.15, 0.2) is 0 Å². The molecule has 0 bridgehead atoms. The fourth-order valence-corrected chi connectivity index (χ4v) is 9.70. The molecule has 10 rings (SSSR count). The normalized spacial score (nSPS) is 12.3. The molecule has 0 radical (unpaired) electrons. The first-order valence-electron chi connectivity index (χ1n) is 16.5. The molecule has 3 heterocycles. The van der Waals surface area contributed by atoms with E-state index in [1.807, 2.05) is 23.9 Å². The summed E-state index contributed by atoms with van der Waals surface area (Å²) < 4.78 is 2.43. The maximum Gasteiger partial charge on any atom is 0.124 e. The second kappa shape index (κ2) is 12.1. The molecule has 0 fully saturated rings. The molecule has 1 aliphatic heterocycles. The summed E-state index contributed by atoms with van der Waals surface area (Å²) in [6.07, 6.45) is 0. The molecule has 0 amide bonds. The van der Waals surface area contributed by atoms with Gasteiger partial charge >= 0.3 is 0 Å². The van der Waals surface area contributed by atoms with Gasteiger partial charge in [-0.05, 0) is 82.9 Å². The smallest absolute Gasteiger partial charge is 0.124 e. The summed E-state index contributed by atoms with van der Waals surface area (Å²) in [5.41, 5.74) is 12.7. The van der Waals surface area contributed by atoms with E-state index >= 15 is 0 Å². The van der Waals surface area contributed by atoms with Gasteiger partial charge in [0.1, 0.15) is 10.0 Å². The maximum atomic E-state index is 4.86. The number of aromatic nitrogens is 2. The highest BCUT2D eigenvalue weighted by Gasteiger charge is 2.26. The Morgan fingerprint density at radius 3 is 1.28 bits per heavy atom. The molecular weight excluding hydrogens is 667 g/mol. The Morgan fingerprint density at radius 2 is 0.800 bits per heavy atom. The van der Waals surface area contributed by atoms with E-state index < -0.39 is 0 Å². The zero-order chi connectivity index (χ0) is 33.0. The molecule has 0 saturated carbocycles. The van der Waals surface area contributed by atoms with Crippen molar-refractivity contribution in [2.75, 3.05) is 4.90 Å². The van der Waals surface area contributed by atoms with Crippen molar-refractivity contribution in [1.82, 2.24) is 9.97 Å². The van der Waals surface area contributed by atoms with Gasteiger partial charge in [0, 0.05) is 26.6 Å². The molecule has 0 spiro atoms. The molecule has 3 nitrogen and oxygen atoms in total. The lowest BCUT2D eigenvalue weighted by atomic mass is 10.0. The van der Waals surface area contributed by atoms with Crippen LogP contribution in [-0.2, 0) is 0 Å². The minimum absolute atomic E-state index is 1.05. The number of rotatable bonds is 5. The maximum absolute atomic E-state index is 4.86. The third-order valence-corrected chi connectivity index (χ3v) is 12.4. The van der Waals surface area contributed by atoms with Gasteiger partial charge in [-0.2, -0.15) is 0 Å². The van der Waals surface area contributed by atoms with Gasteiger partial charge < -0.3 is 4.90 Å². The summed E-state index contributed by atoms with van der Waals surface area (Å²) in [7, 11) is 0. The monoisotopic (exact) mass is 693 g/mol. The minimum atomic E-state index is 1.05. The van der Waals surface area contributed by atoms with Crippen molar-refractivity contribution in [3.05, 3.63) is 164 Å².